The molecule has 203 valence electrons. The van der Waals surface area contributed by atoms with Crippen molar-refractivity contribution in [3.63, 3.8) is 0 Å². The molecule has 4 aromatic rings. The lowest BCUT2D eigenvalue weighted by Gasteiger charge is -2.53. The Kier molecular flexibility index (Phi) is 8.13. The van der Waals surface area contributed by atoms with E-state index in [1.54, 1.807) is 0 Å². The highest BCUT2D eigenvalue weighted by Crippen LogP contribution is 2.53. The molecule has 0 atom stereocenters. The van der Waals surface area contributed by atoms with Gasteiger partial charge in [-0.2, -0.15) is 0 Å². The smallest absolute Gasteiger partial charge is 0.371 e. The highest BCUT2D eigenvalue weighted by atomic mass is 28.4. The number of rotatable bonds is 7. The Bertz CT molecular complexity index is 1490. The molecule has 0 saturated carbocycles. The second-order valence-electron chi connectivity index (χ2n) is 11.8. The van der Waals surface area contributed by atoms with Crippen molar-refractivity contribution in [1.29, 1.82) is 0 Å². The largest absolute Gasteiger partial charge is 0.398 e. The highest BCUT2D eigenvalue weighted by Gasteiger charge is 2.51. The maximum atomic E-state index is 7.00. The predicted molar refractivity (Wildman–Crippen MR) is 176 cm³/mol. The van der Waals surface area contributed by atoms with Crippen LogP contribution in [-0.2, 0) is 4.43 Å². The van der Waals surface area contributed by atoms with Gasteiger partial charge < -0.3 is 8.66 Å². The van der Waals surface area contributed by atoms with E-state index in [1.807, 2.05) is 0 Å². The Morgan fingerprint density at radius 3 is 1.43 bits per heavy atom. The van der Waals surface area contributed by atoms with Gasteiger partial charge in [0.2, 0.25) is 0 Å². The van der Waals surface area contributed by atoms with E-state index >= 15 is 0 Å². The van der Waals surface area contributed by atoms with Crippen LogP contribution in [0.4, 0.5) is 0 Å². The number of nitrogens with zero attached hydrogens (tertiary/aromatic N) is 1. The third kappa shape index (κ3) is 5.19. The number of allylic oxidation sites excluding steroid dienone is 2. The lowest BCUT2D eigenvalue weighted by Crippen LogP contribution is -2.62. The average Bonchev–Trinajstić information content (AvgIpc) is 2.97. The molecule has 1 aliphatic rings. The van der Waals surface area contributed by atoms with E-state index in [0.717, 1.165) is 0 Å². The summed E-state index contributed by atoms with van der Waals surface area (Å²) in [6.45, 7) is 15.1. The van der Waals surface area contributed by atoms with Crippen LogP contribution in [0, 0.1) is 0 Å². The normalized spacial score (nSPS) is 15.1. The summed E-state index contributed by atoms with van der Waals surface area (Å²) < 4.78 is 9.82. The maximum Gasteiger partial charge on any atom is 0.371 e. The first-order valence-corrected chi connectivity index (χ1v) is 18.6. The van der Waals surface area contributed by atoms with E-state index in [0.29, 0.717) is 6.61 Å². The standard InChI is InChI=1S/C36H40NOSi2/c1-7-38-39-35(31-26-18-11-19-27-31)33(29-22-14-9-15-23-29)32(28-20-12-8-13-21-28)34(30-24-16-10-17-25-30)37(39)40(5,6)36(2,3)4/h8-27H,7H2,1-6H3. The van der Waals surface area contributed by atoms with Gasteiger partial charge in [0, 0.05) is 23.1 Å². The van der Waals surface area contributed by atoms with Gasteiger partial charge in [-0.1, -0.05) is 155 Å². The molecule has 4 aromatic carbocycles. The minimum absolute atomic E-state index is 0.105. The lowest BCUT2D eigenvalue weighted by molar-refractivity contribution is 0.330. The van der Waals surface area contributed by atoms with Gasteiger partial charge in [-0.3, -0.25) is 0 Å². The van der Waals surface area contributed by atoms with Crippen molar-refractivity contribution >= 4 is 39.5 Å². The number of hydrogen-bond acceptors (Lipinski definition) is 2. The van der Waals surface area contributed by atoms with Crippen molar-refractivity contribution < 1.29 is 4.43 Å². The third-order valence-corrected chi connectivity index (χ3v) is 17.7. The van der Waals surface area contributed by atoms with Gasteiger partial charge >= 0.3 is 9.20 Å². The van der Waals surface area contributed by atoms with Gasteiger partial charge in [0.05, 0.1) is 0 Å². The van der Waals surface area contributed by atoms with E-state index in [1.165, 1.54) is 44.3 Å². The summed E-state index contributed by atoms with van der Waals surface area (Å²) in [5.41, 5.74) is 8.83. The fourth-order valence-electron chi connectivity index (χ4n) is 5.34. The van der Waals surface area contributed by atoms with Crippen LogP contribution in [-0.4, -0.2) is 28.3 Å². The van der Waals surface area contributed by atoms with E-state index in [-0.39, 0.29) is 5.04 Å². The molecular formula is C36H40NOSi2. The van der Waals surface area contributed by atoms with Gasteiger partial charge in [-0.05, 0) is 39.8 Å². The quantitative estimate of drug-likeness (QED) is 0.209. The minimum atomic E-state index is -2.17. The van der Waals surface area contributed by atoms with Gasteiger partial charge in [0.1, 0.15) is 8.24 Å². The van der Waals surface area contributed by atoms with Crippen molar-refractivity contribution in [2.45, 2.75) is 45.8 Å². The molecule has 0 spiro atoms. The molecule has 0 fully saturated rings. The van der Waals surface area contributed by atoms with Crippen LogP contribution in [0.15, 0.2) is 121 Å². The molecule has 40 heavy (non-hydrogen) atoms. The molecule has 0 amide bonds. The maximum absolute atomic E-state index is 7.00. The number of benzene rings is 4. The first-order chi connectivity index (χ1) is 19.3. The second-order valence-corrected chi connectivity index (χ2v) is 19.2. The van der Waals surface area contributed by atoms with Gasteiger partial charge in [-0.25, -0.2) is 0 Å². The van der Waals surface area contributed by atoms with Crippen molar-refractivity contribution in [3.8, 4) is 0 Å². The van der Waals surface area contributed by atoms with Crippen LogP contribution in [0.2, 0.25) is 18.1 Å². The topological polar surface area (TPSA) is 12.5 Å². The van der Waals surface area contributed by atoms with Crippen LogP contribution in [0.25, 0.3) is 22.0 Å². The van der Waals surface area contributed by atoms with E-state index in [2.05, 4.69) is 166 Å². The van der Waals surface area contributed by atoms with Crippen molar-refractivity contribution in [2.24, 2.45) is 0 Å². The van der Waals surface area contributed by atoms with Crippen LogP contribution >= 0.6 is 0 Å². The van der Waals surface area contributed by atoms with E-state index in [4.69, 9.17) is 4.43 Å². The average molecular weight is 559 g/mol. The molecular weight excluding hydrogens is 519 g/mol. The molecule has 1 aliphatic heterocycles. The number of hydrogen-bond donors (Lipinski definition) is 0. The first-order valence-electron chi connectivity index (χ1n) is 14.3. The van der Waals surface area contributed by atoms with Crippen molar-refractivity contribution in [1.82, 2.24) is 4.23 Å². The summed E-state index contributed by atoms with van der Waals surface area (Å²) in [4.78, 5) is 0. The summed E-state index contributed by atoms with van der Waals surface area (Å²) >= 11 is 0. The zero-order valence-electron chi connectivity index (χ0n) is 24.6. The summed E-state index contributed by atoms with van der Waals surface area (Å²) in [5.74, 6) is 0. The van der Waals surface area contributed by atoms with Gasteiger partial charge in [0.25, 0.3) is 0 Å². The fourth-order valence-corrected chi connectivity index (χ4v) is 12.5. The van der Waals surface area contributed by atoms with Crippen molar-refractivity contribution in [3.05, 3.63) is 144 Å². The zero-order valence-corrected chi connectivity index (χ0v) is 26.6. The molecule has 0 aromatic heterocycles. The van der Waals surface area contributed by atoms with Gasteiger partial charge in [-0.15, -0.1) is 0 Å². The second kappa shape index (κ2) is 11.6. The Balaban J connectivity index is 2.03. The van der Waals surface area contributed by atoms with E-state index in [9.17, 15) is 0 Å². The Labute approximate surface area is 243 Å². The van der Waals surface area contributed by atoms with Crippen LogP contribution in [0.1, 0.15) is 49.9 Å². The predicted octanol–water partition coefficient (Wildman–Crippen LogP) is 9.55. The molecule has 1 heterocycles. The highest BCUT2D eigenvalue weighted by molar-refractivity contribution is 6.93. The molecule has 0 aliphatic carbocycles. The summed E-state index contributed by atoms with van der Waals surface area (Å²) in [6, 6.07) is 43.9. The third-order valence-electron chi connectivity index (χ3n) is 8.29. The molecule has 1 radical (unpaired) electrons. The SMILES string of the molecule is CCO[Si]1C(c2ccccc2)=C(c2ccccc2)C(c2ccccc2)=C(c2ccccc2)N1[Si](C)(C)C(C)(C)C. The molecule has 2 nitrogen and oxygen atoms in total. The first kappa shape index (κ1) is 28.1. The minimum Gasteiger partial charge on any atom is -0.398 e. The molecule has 0 bridgehead atoms. The Morgan fingerprint density at radius 1 is 0.600 bits per heavy atom. The zero-order chi connectivity index (χ0) is 28.3. The molecule has 0 unspecified atom stereocenters. The fraction of sp³-hybridized carbons (Fsp3) is 0.222. The molecule has 0 N–H and O–H groups in total. The monoisotopic (exact) mass is 558 g/mol. The Hall–Kier alpha value is -3.45. The molecule has 4 heteroatoms. The van der Waals surface area contributed by atoms with Crippen LogP contribution in [0.3, 0.4) is 0 Å². The van der Waals surface area contributed by atoms with Crippen LogP contribution in [0.5, 0.6) is 0 Å². The van der Waals surface area contributed by atoms with E-state index < -0.39 is 17.4 Å². The molecule has 5 rings (SSSR count). The van der Waals surface area contributed by atoms with Crippen molar-refractivity contribution in [2.75, 3.05) is 6.61 Å². The Morgan fingerprint density at radius 2 is 1.00 bits per heavy atom. The van der Waals surface area contributed by atoms with Crippen LogP contribution < -0.4 is 0 Å². The summed E-state index contributed by atoms with van der Waals surface area (Å²) in [6.07, 6.45) is 0. The summed E-state index contributed by atoms with van der Waals surface area (Å²) in [5, 5.41) is 1.44. The lowest BCUT2D eigenvalue weighted by atomic mass is 9.87. The van der Waals surface area contributed by atoms with Gasteiger partial charge in [0.15, 0.2) is 0 Å². The molecule has 0 saturated heterocycles. The summed E-state index contributed by atoms with van der Waals surface area (Å²) in [7, 11) is -3.85.